The molecule has 0 spiro atoms. The van der Waals surface area contributed by atoms with Crippen LogP contribution in [0, 0.1) is 28.1 Å². The van der Waals surface area contributed by atoms with E-state index < -0.39 is 0 Å². The molecule has 5 atom stereocenters. The first kappa shape index (κ1) is 19.2. The minimum atomic E-state index is -0.351. The zero-order valence-electron chi connectivity index (χ0n) is 17.3. The van der Waals surface area contributed by atoms with Crippen LogP contribution in [0.2, 0.25) is 0 Å². The average molecular weight is 375 g/mol. The van der Waals surface area contributed by atoms with Gasteiger partial charge in [-0.05, 0) is 56.8 Å². The number of ether oxygens (including phenoxy) is 1. The lowest BCUT2D eigenvalue weighted by Gasteiger charge is -2.58. The van der Waals surface area contributed by atoms with Gasteiger partial charge in [-0.25, -0.2) is 0 Å². The summed E-state index contributed by atoms with van der Waals surface area (Å²) in [6.45, 7) is 8.15. The van der Waals surface area contributed by atoms with Crippen LogP contribution in [0.3, 0.4) is 0 Å². The lowest BCUT2D eigenvalue weighted by Crippen LogP contribution is -2.55. The summed E-state index contributed by atoms with van der Waals surface area (Å²) in [7, 11) is 0. The number of hydrogen-bond acceptors (Lipinski definition) is 4. The molecule has 0 aromatic rings. The van der Waals surface area contributed by atoms with E-state index in [2.05, 4.69) is 20.8 Å². The van der Waals surface area contributed by atoms with Crippen molar-refractivity contribution in [2.45, 2.75) is 85.2 Å². The van der Waals surface area contributed by atoms with Crippen LogP contribution in [0.1, 0.15) is 79.1 Å². The summed E-state index contributed by atoms with van der Waals surface area (Å²) >= 11 is 0. The summed E-state index contributed by atoms with van der Waals surface area (Å²) in [6.07, 6.45) is 7.41. The molecule has 0 bridgehead atoms. The Labute approximate surface area is 162 Å². The fourth-order valence-electron chi connectivity index (χ4n) is 7.46. The highest BCUT2D eigenvalue weighted by Crippen LogP contribution is 2.65. The topological polar surface area (TPSA) is 63.6 Å². The van der Waals surface area contributed by atoms with Crippen LogP contribution in [0.25, 0.3) is 0 Å². The smallest absolute Gasteiger partial charge is 0.302 e. The number of carbonyl (C=O) groups excluding carboxylic acids is 2. The molecule has 0 aliphatic heterocycles. The number of hydrogen-bond donors (Lipinski definition) is 1. The first-order valence-corrected chi connectivity index (χ1v) is 10.7. The van der Waals surface area contributed by atoms with Gasteiger partial charge in [-0.3, -0.25) is 9.59 Å². The second kappa shape index (κ2) is 6.17. The lowest BCUT2D eigenvalue weighted by molar-refractivity contribution is -0.152. The molecule has 2 saturated carbocycles. The van der Waals surface area contributed by atoms with E-state index in [1.165, 1.54) is 18.1 Å². The van der Waals surface area contributed by atoms with Crippen LogP contribution in [-0.2, 0) is 14.3 Å². The molecule has 4 nitrogen and oxygen atoms in total. The molecule has 150 valence electrons. The van der Waals surface area contributed by atoms with Crippen molar-refractivity contribution in [3.8, 4) is 0 Å². The standard InChI is InChI=1S/C23H34O4/c1-14(25)27-20-8-6-16-15-5-7-18-21(2,3)19(26)10-12-23(18,13-24)17(15)9-11-22(16,20)4/h16,18,20,24H,5-13H2,1-4H3. The van der Waals surface area contributed by atoms with E-state index in [9.17, 15) is 14.7 Å². The van der Waals surface area contributed by atoms with Crippen LogP contribution in [0.5, 0.6) is 0 Å². The van der Waals surface area contributed by atoms with Crippen LogP contribution in [0.15, 0.2) is 11.1 Å². The molecule has 0 aromatic carbocycles. The van der Waals surface area contributed by atoms with Gasteiger partial charge in [0.05, 0.1) is 6.61 Å². The van der Waals surface area contributed by atoms with Crippen LogP contribution < -0.4 is 0 Å². The fraction of sp³-hybridized carbons (Fsp3) is 0.826. The lowest BCUT2D eigenvalue weighted by atomic mass is 9.46. The van der Waals surface area contributed by atoms with E-state index in [4.69, 9.17) is 4.74 Å². The van der Waals surface area contributed by atoms with Gasteiger partial charge >= 0.3 is 5.97 Å². The van der Waals surface area contributed by atoms with Gasteiger partial charge in [-0.2, -0.15) is 0 Å². The third-order valence-corrected chi connectivity index (χ3v) is 8.92. The molecule has 4 aliphatic rings. The molecule has 0 heterocycles. The normalized spacial score (nSPS) is 43.0. The van der Waals surface area contributed by atoms with Crippen LogP contribution in [0.4, 0.5) is 0 Å². The molecule has 0 amide bonds. The average Bonchev–Trinajstić information content (AvgIpc) is 2.94. The minimum Gasteiger partial charge on any atom is -0.462 e. The van der Waals surface area contributed by atoms with Crippen molar-refractivity contribution in [3.63, 3.8) is 0 Å². The first-order chi connectivity index (χ1) is 12.7. The maximum atomic E-state index is 12.6. The molecule has 0 aromatic heterocycles. The highest BCUT2D eigenvalue weighted by atomic mass is 16.5. The highest BCUT2D eigenvalue weighted by molar-refractivity contribution is 5.85. The first-order valence-electron chi connectivity index (χ1n) is 10.7. The molecule has 4 rings (SSSR count). The number of carbonyl (C=O) groups is 2. The number of fused-ring (bicyclic) bond motifs is 4. The minimum absolute atomic E-state index is 0.0150. The van der Waals surface area contributed by atoms with E-state index in [1.54, 1.807) is 0 Å². The van der Waals surface area contributed by atoms with Gasteiger partial charge < -0.3 is 9.84 Å². The zero-order valence-corrected chi connectivity index (χ0v) is 17.3. The predicted octanol–water partition coefficient (Wildman–Crippen LogP) is 4.20. The molecule has 0 saturated heterocycles. The van der Waals surface area contributed by atoms with Gasteiger partial charge in [0.15, 0.2) is 0 Å². The van der Waals surface area contributed by atoms with Gasteiger partial charge in [0.2, 0.25) is 0 Å². The number of rotatable bonds is 2. The largest absolute Gasteiger partial charge is 0.462 e. The Morgan fingerprint density at radius 3 is 2.52 bits per heavy atom. The molecule has 1 N–H and O–H groups in total. The molecule has 4 heteroatoms. The summed E-state index contributed by atoms with van der Waals surface area (Å²) in [4.78, 5) is 24.2. The third kappa shape index (κ3) is 2.51. The Bertz CT molecular complexity index is 705. The maximum Gasteiger partial charge on any atom is 0.302 e. The fourth-order valence-corrected chi connectivity index (χ4v) is 7.46. The zero-order chi connectivity index (χ0) is 19.6. The van der Waals surface area contributed by atoms with Gasteiger partial charge in [-0.15, -0.1) is 0 Å². The van der Waals surface area contributed by atoms with E-state index >= 15 is 0 Å². The molecule has 0 radical (unpaired) electrons. The second-order valence-corrected chi connectivity index (χ2v) is 10.3. The van der Waals surface area contributed by atoms with Gasteiger partial charge in [-0.1, -0.05) is 31.9 Å². The van der Waals surface area contributed by atoms with Gasteiger partial charge in [0, 0.05) is 29.6 Å². The number of allylic oxidation sites excluding steroid dienone is 1. The molecule has 2 fully saturated rings. The summed E-state index contributed by atoms with van der Waals surface area (Å²) in [5.74, 6) is 0.877. The summed E-state index contributed by atoms with van der Waals surface area (Å²) in [6, 6.07) is 0. The molecule has 4 aliphatic carbocycles. The SMILES string of the molecule is CC(=O)OC1CCC2C3=C(CCC12C)C1(CO)CCC(=O)C(C)(C)C1CC3. The quantitative estimate of drug-likeness (QED) is 0.581. The summed E-state index contributed by atoms with van der Waals surface area (Å²) in [5.41, 5.74) is 2.46. The van der Waals surface area contributed by atoms with Crippen molar-refractivity contribution in [2.75, 3.05) is 6.61 Å². The van der Waals surface area contributed by atoms with Gasteiger partial charge in [0.25, 0.3) is 0 Å². The number of ketones is 1. The Morgan fingerprint density at radius 2 is 1.85 bits per heavy atom. The van der Waals surface area contributed by atoms with Crippen molar-refractivity contribution in [3.05, 3.63) is 11.1 Å². The summed E-state index contributed by atoms with van der Waals surface area (Å²) < 4.78 is 5.71. The van der Waals surface area contributed by atoms with Crippen molar-refractivity contribution >= 4 is 11.8 Å². The predicted molar refractivity (Wildman–Crippen MR) is 103 cm³/mol. The van der Waals surface area contributed by atoms with Crippen LogP contribution in [-0.4, -0.2) is 29.6 Å². The van der Waals surface area contributed by atoms with Gasteiger partial charge in [0.1, 0.15) is 11.9 Å². The van der Waals surface area contributed by atoms with E-state index in [-0.39, 0.29) is 40.8 Å². The van der Waals surface area contributed by atoms with E-state index in [1.807, 2.05) is 0 Å². The monoisotopic (exact) mass is 374 g/mol. The Balaban J connectivity index is 1.74. The number of aliphatic hydroxyl groups excluding tert-OH is 1. The molecular formula is C23H34O4. The molecule has 27 heavy (non-hydrogen) atoms. The number of aliphatic hydroxyl groups is 1. The molecular weight excluding hydrogens is 340 g/mol. The summed E-state index contributed by atoms with van der Waals surface area (Å²) in [5, 5.41) is 10.6. The Morgan fingerprint density at radius 1 is 1.11 bits per heavy atom. The Hall–Kier alpha value is -1.16. The van der Waals surface area contributed by atoms with Crippen molar-refractivity contribution in [1.29, 1.82) is 0 Å². The van der Waals surface area contributed by atoms with E-state index in [0.29, 0.717) is 18.1 Å². The maximum absolute atomic E-state index is 12.6. The number of esters is 1. The van der Waals surface area contributed by atoms with Crippen molar-refractivity contribution in [2.24, 2.45) is 28.1 Å². The van der Waals surface area contributed by atoms with Crippen molar-refractivity contribution < 1.29 is 19.4 Å². The Kier molecular flexibility index (Phi) is 4.38. The van der Waals surface area contributed by atoms with E-state index in [0.717, 1.165) is 44.9 Å². The highest BCUT2D eigenvalue weighted by Gasteiger charge is 2.60. The van der Waals surface area contributed by atoms with Crippen molar-refractivity contribution in [1.82, 2.24) is 0 Å². The number of Topliss-reactive ketones (excluding diaryl/α,β-unsaturated/α-hetero) is 1. The molecule has 5 unspecified atom stereocenters. The van der Waals surface area contributed by atoms with Crippen LogP contribution >= 0.6 is 0 Å². The third-order valence-electron chi connectivity index (χ3n) is 8.92. The second-order valence-electron chi connectivity index (χ2n) is 10.3.